The van der Waals surface area contributed by atoms with Crippen molar-refractivity contribution in [3.05, 3.63) is 33.9 Å². The quantitative estimate of drug-likeness (QED) is 0.602. The lowest BCUT2D eigenvalue weighted by atomic mass is 10.1. The van der Waals surface area contributed by atoms with Gasteiger partial charge in [0.15, 0.2) is 0 Å². The molecule has 0 heterocycles. The van der Waals surface area contributed by atoms with Gasteiger partial charge in [0.05, 0.1) is 17.6 Å². The Balaban J connectivity index is 3.09. The minimum Gasteiger partial charge on any atom is -0.496 e. The zero-order chi connectivity index (χ0) is 14.6. The molecule has 0 spiro atoms. The highest BCUT2D eigenvalue weighted by molar-refractivity contribution is 5.99. The molecule has 0 aliphatic carbocycles. The van der Waals surface area contributed by atoms with E-state index in [1.54, 1.807) is 0 Å². The Morgan fingerprint density at radius 3 is 2.58 bits per heavy atom. The fourth-order valence-corrected chi connectivity index (χ4v) is 1.32. The third-order valence-corrected chi connectivity index (χ3v) is 2.36. The molecule has 8 heteroatoms. The summed E-state index contributed by atoms with van der Waals surface area (Å²) in [5.41, 5.74) is -0.376. The van der Waals surface area contributed by atoms with Crippen LogP contribution in [-0.4, -0.2) is 35.1 Å². The zero-order valence-electron chi connectivity index (χ0n) is 10.2. The number of nitrogens with one attached hydrogen (secondary N) is 1. The van der Waals surface area contributed by atoms with Crippen LogP contribution in [-0.2, 0) is 4.79 Å². The number of ether oxygens (including phenoxy) is 1. The van der Waals surface area contributed by atoms with Gasteiger partial charge >= 0.3 is 5.97 Å². The summed E-state index contributed by atoms with van der Waals surface area (Å²) in [6.07, 6.45) is 0. The van der Waals surface area contributed by atoms with Crippen molar-refractivity contribution >= 4 is 17.6 Å². The van der Waals surface area contributed by atoms with Crippen molar-refractivity contribution in [2.75, 3.05) is 7.11 Å². The second kappa shape index (κ2) is 5.80. The maximum absolute atomic E-state index is 11.8. The Kier molecular flexibility index (Phi) is 4.41. The molecule has 2 N–H and O–H groups in total. The molecule has 1 amide bonds. The third-order valence-electron chi connectivity index (χ3n) is 2.36. The van der Waals surface area contributed by atoms with Gasteiger partial charge in [-0.3, -0.25) is 19.7 Å². The fourth-order valence-electron chi connectivity index (χ4n) is 1.32. The molecular weight excluding hydrogens is 256 g/mol. The molecule has 1 rings (SSSR count). The number of nitro benzene ring substituents is 1. The molecule has 0 aliphatic rings. The van der Waals surface area contributed by atoms with E-state index in [4.69, 9.17) is 9.84 Å². The number of rotatable bonds is 5. The standard InChI is InChI=1S/C11H12N2O6/c1-6(11(15)16)12-10(14)8-5-7(13(17)18)3-4-9(8)19-2/h3-6H,1-2H3,(H,12,14)(H,15,16). The lowest BCUT2D eigenvalue weighted by molar-refractivity contribution is -0.384. The maximum atomic E-state index is 11.8. The van der Waals surface area contributed by atoms with Gasteiger partial charge in [0.25, 0.3) is 11.6 Å². The first-order chi connectivity index (χ1) is 8.86. The number of benzene rings is 1. The van der Waals surface area contributed by atoms with Crippen molar-refractivity contribution < 1.29 is 24.4 Å². The SMILES string of the molecule is COc1ccc([N+](=O)[O-])cc1C(=O)NC(C)C(=O)O. The number of carbonyl (C=O) groups is 2. The average molecular weight is 268 g/mol. The van der Waals surface area contributed by atoms with Crippen molar-refractivity contribution in [2.24, 2.45) is 0 Å². The van der Waals surface area contributed by atoms with Crippen LogP contribution in [0, 0.1) is 10.1 Å². The number of nitro groups is 1. The number of carbonyl (C=O) groups excluding carboxylic acids is 1. The summed E-state index contributed by atoms with van der Waals surface area (Å²) >= 11 is 0. The first kappa shape index (κ1) is 14.4. The third kappa shape index (κ3) is 3.41. The van der Waals surface area contributed by atoms with Crippen LogP contribution in [0.5, 0.6) is 5.75 Å². The summed E-state index contributed by atoms with van der Waals surface area (Å²) in [6.45, 7) is 1.28. The number of nitrogens with zero attached hydrogens (tertiary/aromatic N) is 1. The van der Waals surface area contributed by atoms with Crippen molar-refractivity contribution in [3.63, 3.8) is 0 Å². The smallest absolute Gasteiger partial charge is 0.325 e. The van der Waals surface area contributed by atoms with E-state index in [1.807, 2.05) is 0 Å². The second-order valence-electron chi connectivity index (χ2n) is 3.68. The number of methoxy groups -OCH3 is 1. The van der Waals surface area contributed by atoms with E-state index >= 15 is 0 Å². The Hall–Kier alpha value is -2.64. The largest absolute Gasteiger partial charge is 0.496 e. The van der Waals surface area contributed by atoms with Crippen LogP contribution in [0.2, 0.25) is 0 Å². The number of non-ortho nitro benzene ring substituents is 1. The van der Waals surface area contributed by atoms with E-state index in [0.29, 0.717) is 0 Å². The molecule has 0 fully saturated rings. The van der Waals surface area contributed by atoms with Gasteiger partial charge < -0.3 is 15.2 Å². The topological polar surface area (TPSA) is 119 Å². The number of carboxylic acids is 1. The molecular formula is C11H12N2O6. The normalized spacial score (nSPS) is 11.5. The van der Waals surface area contributed by atoms with Crippen LogP contribution in [0.15, 0.2) is 18.2 Å². The van der Waals surface area contributed by atoms with Crippen LogP contribution in [0.4, 0.5) is 5.69 Å². The lowest BCUT2D eigenvalue weighted by Crippen LogP contribution is -2.38. The van der Waals surface area contributed by atoms with Crippen LogP contribution < -0.4 is 10.1 Å². The molecule has 1 atom stereocenters. The summed E-state index contributed by atoms with van der Waals surface area (Å²) < 4.78 is 4.91. The highest BCUT2D eigenvalue weighted by Crippen LogP contribution is 2.23. The first-order valence-corrected chi connectivity index (χ1v) is 5.23. The van der Waals surface area contributed by atoms with Crippen LogP contribution in [0.25, 0.3) is 0 Å². The van der Waals surface area contributed by atoms with Gasteiger partial charge in [0.2, 0.25) is 0 Å². The molecule has 102 valence electrons. The first-order valence-electron chi connectivity index (χ1n) is 5.23. The molecule has 0 bridgehead atoms. The number of aliphatic carboxylic acids is 1. The molecule has 0 aromatic heterocycles. The second-order valence-corrected chi connectivity index (χ2v) is 3.68. The Morgan fingerprint density at radius 1 is 1.47 bits per heavy atom. The van der Waals surface area contributed by atoms with E-state index in [0.717, 1.165) is 6.07 Å². The summed E-state index contributed by atoms with van der Waals surface area (Å²) in [5.74, 6) is -1.84. The van der Waals surface area contributed by atoms with Gasteiger partial charge in [0.1, 0.15) is 11.8 Å². The summed E-state index contributed by atoms with van der Waals surface area (Å²) in [6, 6.07) is 2.38. The molecule has 0 radical (unpaired) electrons. The van der Waals surface area contributed by atoms with Crippen molar-refractivity contribution in [1.29, 1.82) is 0 Å². The Bertz CT molecular complexity index is 528. The fraction of sp³-hybridized carbons (Fsp3) is 0.273. The van der Waals surface area contributed by atoms with Gasteiger partial charge in [-0.15, -0.1) is 0 Å². The molecule has 0 saturated heterocycles. The van der Waals surface area contributed by atoms with Crippen molar-refractivity contribution in [2.45, 2.75) is 13.0 Å². The van der Waals surface area contributed by atoms with Crippen molar-refractivity contribution in [1.82, 2.24) is 5.32 Å². The maximum Gasteiger partial charge on any atom is 0.325 e. The molecule has 8 nitrogen and oxygen atoms in total. The number of hydrogen-bond donors (Lipinski definition) is 2. The van der Waals surface area contributed by atoms with Crippen LogP contribution >= 0.6 is 0 Å². The Labute approximate surface area is 108 Å². The summed E-state index contributed by atoms with van der Waals surface area (Å²) in [4.78, 5) is 32.5. The number of carboxylic acid groups (broad SMARTS) is 1. The predicted molar refractivity (Wildman–Crippen MR) is 64.2 cm³/mol. The van der Waals surface area contributed by atoms with E-state index in [2.05, 4.69) is 5.32 Å². The molecule has 1 unspecified atom stereocenters. The lowest BCUT2D eigenvalue weighted by Gasteiger charge is -2.11. The molecule has 0 aliphatic heterocycles. The van der Waals surface area contributed by atoms with Gasteiger partial charge in [-0.25, -0.2) is 0 Å². The highest BCUT2D eigenvalue weighted by Gasteiger charge is 2.21. The van der Waals surface area contributed by atoms with E-state index in [9.17, 15) is 19.7 Å². The Morgan fingerprint density at radius 2 is 2.11 bits per heavy atom. The predicted octanol–water partition coefficient (Wildman–Crippen LogP) is 0.806. The van der Waals surface area contributed by atoms with Crippen molar-refractivity contribution in [3.8, 4) is 5.75 Å². The number of amides is 1. The van der Waals surface area contributed by atoms with E-state index in [-0.39, 0.29) is 17.0 Å². The van der Waals surface area contributed by atoms with E-state index < -0.39 is 22.8 Å². The van der Waals surface area contributed by atoms with Gasteiger partial charge in [-0.05, 0) is 13.0 Å². The number of hydrogen-bond acceptors (Lipinski definition) is 5. The zero-order valence-corrected chi connectivity index (χ0v) is 10.2. The molecule has 1 aromatic rings. The molecule has 1 aromatic carbocycles. The van der Waals surface area contributed by atoms with Crippen LogP contribution in [0.1, 0.15) is 17.3 Å². The highest BCUT2D eigenvalue weighted by atomic mass is 16.6. The average Bonchev–Trinajstić information content (AvgIpc) is 2.37. The van der Waals surface area contributed by atoms with Gasteiger partial charge in [-0.2, -0.15) is 0 Å². The minimum atomic E-state index is -1.21. The van der Waals surface area contributed by atoms with E-state index in [1.165, 1.54) is 26.2 Å². The molecule has 0 saturated carbocycles. The van der Waals surface area contributed by atoms with Gasteiger partial charge in [0, 0.05) is 12.1 Å². The monoisotopic (exact) mass is 268 g/mol. The summed E-state index contributed by atoms with van der Waals surface area (Å²) in [7, 11) is 1.30. The minimum absolute atomic E-state index is 0.0928. The molecule has 19 heavy (non-hydrogen) atoms. The summed E-state index contributed by atoms with van der Waals surface area (Å²) in [5, 5.41) is 21.5. The van der Waals surface area contributed by atoms with Gasteiger partial charge in [-0.1, -0.05) is 0 Å². The van der Waals surface area contributed by atoms with Crippen LogP contribution in [0.3, 0.4) is 0 Å².